The average Bonchev–Trinajstić information content (AvgIpc) is 2.58. The molecule has 0 aliphatic rings. The lowest BCUT2D eigenvalue weighted by Gasteiger charge is -2.35. The first-order valence-corrected chi connectivity index (χ1v) is 11.3. The van der Waals surface area contributed by atoms with Crippen molar-refractivity contribution in [3.8, 4) is 0 Å². The van der Waals surface area contributed by atoms with E-state index in [9.17, 15) is 0 Å². The highest BCUT2D eigenvalue weighted by Crippen LogP contribution is 2.41. The molecule has 0 N–H and O–H groups in total. The summed E-state index contributed by atoms with van der Waals surface area (Å²) in [5.74, 6) is 0.842. The Morgan fingerprint density at radius 3 is 1.22 bits per heavy atom. The van der Waals surface area contributed by atoms with E-state index in [0.717, 1.165) is 5.88 Å². The number of hydrogen-bond acceptors (Lipinski definition) is 0. The fraction of sp³-hybridized carbons (Fsp3) is 1.00. The van der Waals surface area contributed by atoms with Gasteiger partial charge in [-0.25, -0.2) is 0 Å². The monoisotopic (exact) mass is 344 g/mol. The predicted octanol–water partition coefficient (Wildman–Crippen LogP) is 8.90. The molecule has 0 heterocycles. The van der Waals surface area contributed by atoms with Crippen LogP contribution < -0.4 is 0 Å². The van der Waals surface area contributed by atoms with E-state index in [1.807, 2.05) is 0 Å². The number of alkyl halides is 1. The van der Waals surface area contributed by atoms with Crippen molar-refractivity contribution in [3.63, 3.8) is 0 Å². The van der Waals surface area contributed by atoms with E-state index >= 15 is 0 Å². The van der Waals surface area contributed by atoms with E-state index in [1.165, 1.54) is 109 Å². The third-order valence-corrected chi connectivity index (χ3v) is 5.79. The van der Waals surface area contributed by atoms with Crippen LogP contribution in [0.1, 0.15) is 130 Å². The molecule has 0 saturated heterocycles. The summed E-state index contributed by atoms with van der Waals surface area (Å²) in [5.41, 5.74) is 0.681. The lowest BCUT2D eigenvalue weighted by molar-refractivity contribution is 0.175. The van der Waals surface area contributed by atoms with Gasteiger partial charge in [0.2, 0.25) is 0 Å². The van der Waals surface area contributed by atoms with E-state index < -0.39 is 0 Å². The van der Waals surface area contributed by atoms with Crippen molar-refractivity contribution >= 4 is 11.6 Å². The smallest absolute Gasteiger partial charge is 0.0223 e. The van der Waals surface area contributed by atoms with Crippen LogP contribution in [0.5, 0.6) is 0 Å². The van der Waals surface area contributed by atoms with Crippen LogP contribution in [0, 0.1) is 5.41 Å². The van der Waals surface area contributed by atoms with Gasteiger partial charge in [0.25, 0.3) is 0 Å². The largest absolute Gasteiger partial charge is 0.127 e. The van der Waals surface area contributed by atoms with Gasteiger partial charge in [-0.1, -0.05) is 97.8 Å². The topological polar surface area (TPSA) is 0 Å². The third kappa shape index (κ3) is 13.3. The molecule has 23 heavy (non-hydrogen) atoms. The minimum absolute atomic E-state index is 0.681. The van der Waals surface area contributed by atoms with Gasteiger partial charge in [0.05, 0.1) is 0 Å². The molecule has 0 unspecified atom stereocenters. The molecule has 1 heteroatoms. The predicted molar refractivity (Wildman–Crippen MR) is 109 cm³/mol. The molecule has 0 saturated carbocycles. The molecule has 0 atom stereocenters. The van der Waals surface area contributed by atoms with Crippen LogP contribution in [0.4, 0.5) is 0 Å². The van der Waals surface area contributed by atoms with Crippen LogP contribution in [0.15, 0.2) is 0 Å². The minimum Gasteiger partial charge on any atom is -0.127 e. The van der Waals surface area contributed by atoms with E-state index in [0.29, 0.717) is 5.41 Å². The molecular weight excluding hydrogens is 300 g/mol. The molecule has 0 bridgehead atoms. The number of rotatable bonds is 18. The fourth-order valence-corrected chi connectivity index (χ4v) is 4.07. The summed E-state index contributed by atoms with van der Waals surface area (Å²) in [4.78, 5) is 0. The van der Waals surface area contributed by atoms with Crippen LogP contribution in [0.25, 0.3) is 0 Å². The van der Waals surface area contributed by atoms with Gasteiger partial charge < -0.3 is 0 Å². The van der Waals surface area contributed by atoms with Gasteiger partial charge >= 0.3 is 0 Å². The standard InChI is InChI=1S/C22H45Cl/c1-4-7-17-22(18-8-5-2,19-9-6-3)20-15-13-11-10-12-14-16-21-23/h4-21H2,1-3H3. The van der Waals surface area contributed by atoms with Crippen LogP contribution in [0.3, 0.4) is 0 Å². The molecule has 0 amide bonds. The zero-order valence-electron chi connectivity index (χ0n) is 16.6. The Morgan fingerprint density at radius 1 is 0.478 bits per heavy atom. The van der Waals surface area contributed by atoms with Crippen LogP contribution in [-0.2, 0) is 0 Å². The maximum absolute atomic E-state index is 5.74. The van der Waals surface area contributed by atoms with Gasteiger partial charge in [-0.05, 0) is 37.5 Å². The Kier molecular flexibility index (Phi) is 17.3. The van der Waals surface area contributed by atoms with Gasteiger partial charge in [-0.2, -0.15) is 0 Å². The highest BCUT2D eigenvalue weighted by Gasteiger charge is 2.27. The molecule has 0 fully saturated rings. The molecular formula is C22H45Cl. The van der Waals surface area contributed by atoms with Crippen molar-refractivity contribution in [3.05, 3.63) is 0 Å². The van der Waals surface area contributed by atoms with Gasteiger partial charge in [0, 0.05) is 5.88 Å². The molecule has 0 nitrogen and oxygen atoms in total. The average molecular weight is 345 g/mol. The lowest BCUT2D eigenvalue weighted by Crippen LogP contribution is -2.21. The fourth-order valence-electron chi connectivity index (χ4n) is 3.88. The van der Waals surface area contributed by atoms with Gasteiger partial charge in [-0.3, -0.25) is 0 Å². The molecule has 0 aromatic rings. The van der Waals surface area contributed by atoms with E-state index in [4.69, 9.17) is 11.6 Å². The van der Waals surface area contributed by atoms with Crippen molar-refractivity contribution in [1.29, 1.82) is 0 Å². The Balaban J connectivity index is 4.14. The van der Waals surface area contributed by atoms with Gasteiger partial charge in [0.1, 0.15) is 0 Å². The first-order valence-electron chi connectivity index (χ1n) is 10.8. The summed E-state index contributed by atoms with van der Waals surface area (Å²) in [7, 11) is 0. The molecule has 0 aliphatic heterocycles. The SMILES string of the molecule is CCCCC(CCCC)(CCCC)CCCCCCCCCCl. The van der Waals surface area contributed by atoms with Gasteiger partial charge in [-0.15, -0.1) is 11.6 Å². The Labute approximate surface area is 153 Å². The second-order valence-corrected chi connectivity index (χ2v) is 8.10. The van der Waals surface area contributed by atoms with Crippen LogP contribution >= 0.6 is 11.6 Å². The Morgan fingerprint density at radius 2 is 0.826 bits per heavy atom. The number of halogens is 1. The van der Waals surface area contributed by atoms with Crippen molar-refractivity contribution in [1.82, 2.24) is 0 Å². The van der Waals surface area contributed by atoms with E-state index in [2.05, 4.69) is 20.8 Å². The highest BCUT2D eigenvalue weighted by molar-refractivity contribution is 6.17. The maximum Gasteiger partial charge on any atom is 0.0223 e. The van der Waals surface area contributed by atoms with Crippen molar-refractivity contribution in [2.75, 3.05) is 5.88 Å². The summed E-state index contributed by atoms with van der Waals surface area (Å²) in [5, 5.41) is 0. The molecule has 0 spiro atoms. The molecule has 0 aromatic carbocycles. The summed E-state index contributed by atoms with van der Waals surface area (Å²) in [6.07, 6.45) is 24.0. The molecule has 0 radical (unpaired) electrons. The first kappa shape index (κ1) is 23.3. The third-order valence-electron chi connectivity index (χ3n) is 5.52. The van der Waals surface area contributed by atoms with Gasteiger partial charge in [0.15, 0.2) is 0 Å². The van der Waals surface area contributed by atoms with Crippen LogP contribution in [0.2, 0.25) is 0 Å². The maximum atomic E-state index is 5.74. The zero-order valence-corrected chi connectivity index (χ0v) is 17.4. The second-order valence-electron chi connectivity index (χ2n) is 7.72. The van der Waals surface area contributed by atoms with E-state index in [-0.39, 0.29) is 0 Å². The van der Waals surface area contributed by atoms with Crippen LogP contribution in [-0.4, -0.2) is 5.88 Å². The summed E-state index contributed by atoms with van der Waals surface area (Å²) in [6.45, 7) is 7.06. The molecule has 0 rings (SSSR count). The lowest BCUT2D eigenvalue weighted by atomic mass is 9.71. The van der Waals surface area contributed by atoms with Crippen molar-refractivity contribution in [2.45, 2.75) is 130 Å². The highest BCUT2D eigenvalue weighted by atomic mass is 35.5. The van der Waals surface area contributed by atoms with Crippen molar-refractivity contribution in [2.24, 2.45) is 5.41 Å². The first-order chi connectivity index (χ1) is 11.2. The Bertz CT molecular complexity index is 202. The Hall–Kier alpha value is 0.290. The quantitative estimate of drug-likeness (QED) is 0.172. The molecule has 0 aromatic heterocycles. The second kappa shape index (κ2) is 17.1. The molecule has 0 aliphatic carbocycles. The number of unbranched alkanes of at least 4 members (excludes halogenated alkanes) is 9. The van der Waals surface area contributed by atoms with Crippen molar-refractivity contribution < 1.29 is 0 Å². The van der Waals surface area contributed by atoms with E-state index in [1.54, 1.807) is 0 Å². The normalized spacial score (nSPS) is 12.0. The zero-order chi connectivity index (χ0) is 17.2. The minimum atomic E-state index is 0.681. The summed E-state index contributed by atoms with van der Waals surface area (Å²) in [6, 6.07) is 0. The number of hydrogen-bond donors (Lipinski definition) is 0. The summed E-state index contributed by atoms with van der Waals surface area (Å²) >= 11 is 5.74. The summed E-state index contributed by atoms with van der Waals surface area (Å²) < 4.78 is 0. The molecule has 140 valence electrons.